The van der Waals surface area contributed by atoms with Gasteiger partial charge in [0.2, 0.25) is 0 Å². The molecule has 0 aliphatic heterocycles. The SMILES string of the molecule is COc1cc(C=NNC(=S)Nc2ccc(C)cc2)ccc1OCCSc1ccccc1. The standard InChI is InChI=1S/C24H25N3O2S2/c1-18-8-11-20(12-9-18)26-24(30)27-25-17-19-10-13-22(23(16-19)28-2)29-14-15-31-21-6-4-3-5-7-21/h3-13,16-17H,14-15H2,1-2H3,(H2,26,27,30). The van der Waals surface area contributed by atoms with Crippen LogP contribution in [0.3, 0.4) is 0 Å². The zero-order valence-electron chi connectivity index (χ0n) is 17.5. The molecule has 0 saturated heterocycles. The number of hydrogen-bond donors (Lipinski definition) is 2. The van der Waals surface area contributed by atoms with Crippen LogP contribution in [0.5, 0.6) is 11.5 Å². The molecular weight excluding hydrogens is 426 g/mol. The molecule has 2 N–H and O–H groups in total. The van der Waals surface area contributed by atoms with Gasteiger partial charge in [-0.15, -0.1) is 11.8 Å². The molecule has 7 heteroatoms. The molecule has 31 heavy (non-hydrogen) atoms. The van der Waals surface area contributed by atoms with Gasteiger partial charge in [-0.2, -0.15) is 5.10 Å². The van der Waals surface area contributed by atoms with Crippen molar-refractivity contribution in [2.75, 3.05) is 24.8 Å². The fourth-order valence-corrected chi connectivity index (χ4v) is 3.60. The second-order valence-corrected chi connectivity index (χ2v) is 8.19. The molecule has 3 aromatic rings. The summed E-state index contributed by atoms with van der Waals surface area (Å²) in [6.07, 6.45) is 1.68. The van der Waals surface area contributed by atoms with Gasteiger partial charge in [0.05, 0.1) is 19.9 Å². The number of hydrazone groups is 1. The van der Waals surface area contributed by atoms with E-state index in [1.54, 1.807) is 25.1 Å². The quantitative estimate of drug-likeness (QED) is 0.147. The molecule has 5 nitrogen and oxygen atoms in total. The molecule has 0 aliphatic carbocycles. The Morgan fingerprint density at radius 3 is 2.55 bits per heavy atom. The predicted octanol–water partition coefficient (Wildman–Crippen LogP) is 5.50. The zero-order valence-corrected chi connectivity index (χ0v) is 19.1. The van der Waals surface area contributed by atoms with E-state index in [9.17, 15) is 0 Å². The molecule has 0 amide bonds. The van der Waals surface area contributed by atoms with Crippen LogP contribution in [0, 0.1) is 6.92 Å². The molecule has 0 bridgehead atoms. The summed E-state index contributed by atoms with van der Waals surface area (Å²) in [4.78, 5) is 1.23. The highest BCUT2D eigenvalue weighted by Crippen LogP contribution is 2.28. The van der Waals surface area contributed by atoms with E-state index in [4.69, 9.17) is 21.7 Å². The van der Waals surface area contributed by atoms with Gasteiger partial charge in [0, 0.05) is 16.3 Å². The average Bonchev–Trinajstić information content (AvgIpc) is 2.79. The molecule has 3 rings (SSSR count). The van der Waals surface area contributed by atoms with Crippen molar-refractivity contribution < 1.29 is 9.47 Å². The van der Waals surface area contributed by atoms with Gasteiger partial charge in [0.25, 0.3) is 0 Å². The van der Waals surface area contributed by atoms with E-state index in [0.29, 0.717) is 23.2 Å². The topological polar surface area (TPSA) is 54.9 Å². The first-order chi connectivity index (χ1) is 15.1. The van der Waals surface area contributed by atoms with Gasteiger partial charge in [-0.3, -0.25) is 5.43 Å². The number of thioether (sulfide) groups is 1. The molecule has 0 saturated carbocycles. The van der Waals surface area contributed by atoms with Crippen LogP contribution < -0.4 is 20.2 Å². The smallest absolute Gasteiger partial charge is 0.191 e. The van der Waals surface area contributed by atoms with Crippen LogP contribution in [0.2, 0.25) is 0 Å². The number of nitrogens with one attached hydrogen (secondary N) is 2. The third-order valence-corrected chi connectivity index (χ3v) is 5.40. The van der Waals surface area contributed by atoms with Crippen LogP contribution >= 0.6 is 24.0 Å². The van der Waals surface area contributed by atoms with Crippen LogP contribution in [0.25, 0.3) is 0 Å². The molecule has 3 aromatic carbocycles. The number of aryl methyl sites for hydroxylation is 1. The Balaban J connectivity index is 1.48. The number of thiocarbonyl (C=S) groups is 1. The first-order valence-electron chi connectivity index (χ1n) is 9.79. The first-order valence-corrected chi connectivity index (χ1v) is 11.2. The van der Waals surface area contributed by atoms with Crippen molar-refractivity contribution in [1.29, 1.82) is 0 Å². The molecule has 0 aliphatic rings. The lowest BCUT2D eigenvalue weighted by Gasteiger charge is -2.11. The van der Waals surface area contributed by atoms with Gasteiger partial charge in [0.15, 0.2) is 16.6 Å². The van der Waals surface area contributed by atoms with Gasteiger partial charge in [-0.05, 0) is 67.2 Å². The first kappa shape index (κ1) is 22.7. The normalized spacial score (nSPS) is 10.6. The van der Waals surface area contributed by atoms with Crippen molar-refractivity contribution in [3.63, 3.8) is 0 Å². The van der Waals surface area contributed by atoms with Crippen molar-refractivity contribution in [2.45, 2.75) is 11.8 Å². The van der Waals surface area contributed by atoms with E-state index in [2.05, 4.69) is 28.0 Å². The summed E-state index contributed by atoms with van der Waals surface area (Å²) in [5.74, 6) is 2.22. The Morgan fingerprint density at radius 2 is 1.81 bits per heavy atom. The molecule has 0 fully saturated rings. The Bertz CT molecular complexity index is 1010. The Labute approximate surface area is 192 Å². The number of ether oxygens (including phenoxy) is 2. The summed E-state index contributed by atoms with van der Waals surface area (Å²) in [6, 6.07) is 23.9. The maximum absolute atomic E-state index is 5.89. The minimum absolute atomic E-state index is 0.419. The second-order valence-electron chi connectivity index (χ2n) is 6.61. The zero-order chi connectivity index (χ0) is 21.9. The molecule has 0 spiro atoms. The van der Waals surface area contributed by atoms with Crippen LogP contribution in [0.1, 0.15) is 11.1 Å². The number of benzene rings is 3. The highest BCUT2D eigenvalue weighted by atomic mass is 32.2. The predicted molar refractivity (Wildman–Crippen MR) is 134 cm³/mol. The lowest BCUT2D eigenvalue weighted by molar-refractivity contribution is 0.313. The summed E-state index contributed by atoms with van der Waals surface area (Å²) in [6.45, 7) is 2.63. The number of nitrogens with zero attached hydrogens (tertiary/aromatic N) is 1. The average molecular weight is 452 g/mol. The summed E-state index contributed by atoms with van der Waals surface area (Å²) < 4.78 is 11.4. The van der Waals surface area contributed by atoms with Crippen LogP contribution in [0.15, 0.2) is 82.8 Å². The molecule has 0 aromatic heterocycles. The van der Waals surface area contributed by atoms with E-state index in [-0.39, 0.29) is 0 Å². The summed E-state index contributed by atoms with van der Waals surface area (Å²) in [5.41, 5.74) is 5.79. The maximum atomic E-state index is 5.89. The molecular formula is C24H25N3O2S2. The third kappa shape index (κ3) is 7.62. The minimum atomic E-state index is 0.419. The van der Waals surface area contributed by atoms with Gasteiger partial charge in [-0.1, -0.05) is 35.9 Å². The van der Waals surface area contributed by atoms with Crippen molar-refractivity contribution in [3.8, 4) is 11.5 Å². The van der Waals surface area contributed by atoms with Crippen molar-refractivity contribution in [2.24, 2.45) is 5.10 Å². The van der Waals surface area contributed by atoms with Gasteiger partial charge in [0.1, 0.15) is 0 Å². The lowest BCUT2D eigenvalue weighted by Crippen LogP contribution is -2.23. The van der Waals surface area contributed by atoms with E-state index < -0.39 is 0 Å². The van der Waals surface area contributed by atoms with Gasteiger partial charge in [-0.25, -0.2) is 0 Å². The third-order valence-electron chi connectivity index (χ3n) is 4.23. The monoisotopic (exact) mass is 451 g/mol. The Kier molecular flexibility index (Phi) is 8.75. The molecule has 0 radical (unpaired) electrons. The lowest BCUT2D eigenvalue weighted by atomic mass is 10.2. The van der Waals surface area contributed by atoms with Crippen LogP contribution in [-0.4, -0.2) is 30.8 Å². The van der Waals surface area contributed by atoms with Crippen LogP contribution in [-0.2, 0) is 0 Å². The van der Waals surface area contributed by atoms with E-state index in [1.165, 1.54) is 10.5 Å². The second kappa shape index (κ2) is 12.0. The molecule has 0 heterocycles. The summed E-state index contributed by atoms with van der Waals surface area (Å²) in [7, 11) is 1.63. The Hall–Kier alpha value is -3.03. The number of hydrogen-bond acceptors (Lipinski definition) is 5. The largest absolute Gasteiger partial charge is 0.493 e. The van der Waals surface area contributed by atoms with E-state index in [0.717, 1.165) is 17.0 Å². The van der Waals surface area contributed by atoms with E-state index in [1.807, 2.05) is 67.6 Å². The Morgan fingerprint density at radius 1 is 1.03 bits per heavy atom. The number of anilines is 1. The fourth-order valence-electron chi connectivity index (χ4n) is 2.67. The fraction of sp³-hybridized carbons (Fsp3) is 0.167. The van der Waals surface area contributed by atoms with Crippen molar-refractivity contribution >= 4 is 41.0 Å². The molecule has 160 valence electrons. The maximum Gasteiger partial charge on any atom is 0.191 e. The highest BCUT2D eigenvalue weighted by molar-refractivity contribution is 7.99. The summed E-state index contributed by atoms with van der Waals surface area (Å²) >= 11 is 7.02. The van der Waals surface area contributed by atoms with Gasteiger partial charge >= 0.3 is 0 Å². The summed E-state index contributed by atoms with van der Waals surface area (Å²) in [5, 5.41) is 7.70. The van der Waals surface area contributed by atoms with Crippen LogP contribution in [0.4, 0.5) is 5.69 Å². The molecule has 0 atom stereocenters. The van der Waals surface area contributed by atoms with Gasteiger partial charge < -0.3 is 14.8 Å². The number of methoxy groups -OCH3 is 1. The van der Waals surface area contributed by atoms with Crippen molar-refractivity contribution in [3.05, 3.63) is 83.9 Å². The van der Waals surface area contributed by atoms with E-state index >= 15 is 0 Å². The molecule has 0 unspecified atom stereocenters. The highest BCUT2D eigenvalue weighted by Gasteiger charge is 2.05. The number of rotatable bonds is 9. The minimum Gasteiger partial charge on any atom is -0.493 e. The van der Waals surface area contributed by atoms with Crippen molar-refractivity contribution in [1.82, 2.24) is 5.43 Å².